The van der Waals surface area contributed by atoms with E-state index in [1.54, 1.807) is 0 Å². The topological polar surface area (TPSA) is 78.9 Å². The van der Waals surface area contributed by atoms with E-state index in [0.717, 1.165) is 35.5 Å². The van der Waals surface area contributed by atoms with Crippen LogP contribution in [0.4, 0.5) is 0 Å². The van der Waals surface area contributed by atoms with Gasteiger partial charge in [-0.25, -0.2) is 4.98 Å². The van der Waals surface area contributed by atoms with E-state index < -0.39 is 5.91 Å². The average molecular weight is 274 g/mol. The molecule has 1 radical (unpaired) electrons. The van der Waals surface area contributed by atoms with Crippen LogP contribution in [0, 0.1) is 0 Å². The lowest BCUT2D eigenvalue weighted by atomic mass is 10.0. The Balaban J connectivity index is 2.35. The smallest absolute Gasteiger partial charge is 0.238 e. The molecular weight excluding hydrogens is 254 g/mol. The van der Waals surface area contributed by atoms with Gasteiger partial charge in [-0.1, -0.05) is 26.0 Å². The van der Waals surface area contributed by atoms with Crippen LogP contribution in [0.2, 0.25) is 0 Å². The first-order chi connectivity index (χ1) is 9.65. The van der Waals surface area contributed by atoms with E-state index in [-0.39, 0.29) is 12.5 Å². The highest BCUT2D eigenvalue weighted by Crippen LogP contribution is 2.28. The third-order valence-electron chi connectivity index (χ3n) is 3.28. The lowest BCUT2D eigenvalue weighted by molar-refractivity contribution is -0.118. The van der Waals surface area contributed by atoms with Crippen molar-refractivity contribution in [1.82, 2.24) is 16.0 Å². The second kappa shape index (κ2) is 6.52. The second-order valence-corrected chi connectivity index (χ2v) is 4.73. The first-order valence-electron chi connectivity index (χ1n) is 7.01. The highest BCUT2D eigenvalue weighted by atomic mass is 16.3. The van der Waals surface area contributed by atoms with E-state index in [0.29, 0.717) is 6.42 Å². The Bertz CT molecular complexity index is 592. The van der Waals surface area contributed by atoms with Gasteiger partial charge in [-0.3, -0.25) is 10.5 Å². The Labute approximate surface area is 118 Å². The minimum atomic E-state index is -0.535. The monoisotopic (exact) mass is 274 g/mol. The molecule has 0 saturated heterocycles. The van der Waals surface area contributed by atoms with Crippen molar-refractivity contribution < 1.29 is 9.21 Å². The fourth-order valence-electron chi connectivity index (χ4n) is 2.33. The number of fused-ring (bicyclic) bond motifs is 1. The van der Waals surface area contributed by atoms with Gasteiger partial charge in [-0.15, -0.1) is 0 Å². The number of hydrogen-bond donors (Lipinski definition) is 1. The summed E-state index contributed by atoms with van der Waals surface area (Å²) >= 11 is 0. The van der Waals surface area contributed by atoms with E-state index in [9.17, 15) is 4.79 Å². The fourth-order valence-corrected chi connectivity index (χ4v) is 2.33. The first-order valence-corrected chi connectivity index (χ1v) is 7.01. The highest BCUT2D eigenvalue weighted by molar-refractivity contribution is 5.77. The van der Waals surface area contributed by atoms with Gasteiger partial charge in [0.25, 0.3) is 0 Å². The summed E-state index contributed by atoms with van der Waals surface area (Å²) < 4.78 is 5.80. The van der Waals surface area contributed by atoms with Gasteiger partial charge in [0.15, 0.2) is 11.5 Å². The molecule has 1 aromatic carbocycles. The molecule has 1 unspecified atom stereocenters. The van der Waals surface area contributed by atoms with E-state index in [2.05, 4.69) is 10.3 Å². The number of hydrogen-bond acceptors (Lipinski definition) is 4. The molecule has 1 heterocycles. The first kappa shape index (κ1) is 14.5. The van der Waals surface area contributed by atoms with Gasteiger partial charge >= 0.3 is 0 Å². The van der Waals surface area contributed by atoms with E-state index in [1.807, 2.05) is 32.0 Å². The van der Waals surface area contributed by atoms with E-state index in [4.69, 9.17) is 10.2 Å². The van der Waals surface area contributed by atoms with Crippen LogP contribution in [0.1, 0.15) is 44.2 Å². The van der Waals surface area contributed by atoms with Crippen molar-refractivity contribution in [2.75, 3.05) is 6.54 Å². The van der Waals surface area contributed by atoms with Crippen LogP contribution in [-0.4, -0.2) is 17.4 Å². The number of oxazole rings is 1. The molecule has 0 aliphatic rings. The summed E-state index contributed by atoms with van der Waals surface area (Å²) in [5.74, 6) is 0.186. The van der Waals surface area contributed by atoms with Gasteiger partial charge in [-0.05, 0) is 19.0 Å². The summed E-state index contributed by atoms with van der Waals surface area (Å²) in [5.41, 5.74) is 9.70. The van der Waals surface area contributed by atoms with Crippen LogP contribution in [-0.2, 0) is 11.2 Å². The molecule has 5 nitrogen and oxygen atoms in total. The predicted octanol–water partition coefficient (Wildman–Crippen LogP) is 2.63. The van der Waals surface area contributed by atoms with Gasteiger partial charge < -0.3 is 9.73 Å². The summed E-state index contributed by atoms with van der Waals surface area (Å²) in [4.78, 5) is 15.3. The maximum atomic E-state index is 10.9. The number of carbonyl (C=O) groups excluding carboxylic acids is 1. The van der Waals surface area contributed by atoms with Crippen molar-refractivity contribution >= 4 is 17.0 Å². The van der Waals surface area contributed by atoms with Crippen molar-refractivity contribution in [2.45, 2.75) is 39.2 Å². The molecule has 1 amide bonds. The molecule has 107 valence electrons. The molecule has 1 atom stereocenters. The van der Waals surface area contributed by atoms with E-state index in [1.165, 1.54) is 0 Å². The third-order valence-corrected chi connectivity index (χ3v) is 3.28. The molecule has 2 N–H and O–H groups in total. The molecule has 0 aliphatic heterocycles. The van der Waals surface area contributed by atoms with Crippen molar-refractivity contribution in [3.8, 4) is 0 Å². The van der Waals surface area contributed by atoms with Crippen molar-refractivity contribution in [3.05, 3.63) is 29.7 Å². The molecule has 0 spiro atoms. The van der Waals surface area contributed by atoms with Crippen molar-refractivity contribution in [3.63, 3.8) is 0 Å². The lowest BCUT2D eigenvalue weighted by Gasteiger charge is -2.17. The summed E-state index contributed by atoms with van der Waals surface area (Å²) in [7, 11) is 0. The molecule has 0 bridgehead atoms. The van der Waals surface area contributed by atoms with Crippen LogP contribution in [0.25, 0.3) is 11.1 Å². The highest BCUT2D eigenvalue weighted by Gasteiger charge is 2.17. The number of carbonyl (C=O) groups is 1. The molecule has 2 rings (SSSR count). The number of para-hydroxylation sites is 1. The zero-order valence-electron chi connectivity index (χ0n) is 11.9. The van der Waals surface area contributed by atoms with Crippen LogP contribution in [0.5, 0.6) is 0 Å². The maximum absolute atomic E-state index is 10.9. The normalized spacial score (nSPS) is 12.7. The van der Waals surface area contributed by atoms with Crippen molar-refractivity contribution in [2.24, 2.45) is 0 Å². The minimum Gasteiger partial charge on any atom is -0.440 e. The van der Waals surface area contributed by atoms with Gasteiger partial charge in [0, 0.05) is 24.4 Å². The zero-order chi connectivity index (χ0) is 14.5. The largest absolute Gasteiger partial charge is 0.440 e. The summed E-state index contributed by atoms with van der Waals surface area (Å²) in [6.45, 7) is 4.82. The number of amides is 1. The quantitative estimate of drug-likeness (QED) is 0.841. The molecule has 20 heavy (non-hydrogen) atoms. The standard InChI is InChI=1S/C15H20N3O2/c1-3-14-18-12-7-5-6-10(15(12)20-14)11(17-4-2)8-9-13(16)19/h5-7,11,16-17H,3-4,8-9H2,1-2H3. The van der Waals surface area contributed by atoms with Crippen LogP contribution in [0.3, 0.4) is 0 Å². The van der Waals surface area contributed by atoms with Gasteiger partial charge in [0.1, 0.15) is 5.52 Å². The van der Waals surface area contributed by atoms with Gasteiger partial charge in [0.05, 0.1) is 0 Å². The molecule has 0 fully saturated rings. The maximum Gasteiger partial charge on any atom is 0.238 e. The summed E-state index contributed by atoms with van der Waals surface area (Å²) in [6.07, 6.45) is 1.59. The molecule has 0 aliphatic carbocycles. The molecule has 0 saturated carbocycles. The molecular formula is C15H20N3O2. The fraction of sp³-hybridized carbons (Fsp3) is 0.467. The summed E-state index contributed by atoms with van der Waals surface area (Å²) in [5, 5.41) is 3.35. The van der Waals surface area contributed by atoms with Crippen molar-refractivity contribution in [1.29, 1.82) is 0 Å². The number of rotatable bonds is 7. The van der Waals surface area contributed by atoms with Crippen LogP contribution < -0.4 is 11.1 Å². The number of aryl methyl sites for hydroxylation is 1. The van der Waals surface area contributed by atoms with Gasteiger partial charge in [0.2, 0.25) is 5.91 Å². The number of nitrogens with zero attached hydrogens (tertiary/aromatic N) is 1. The predicted molar refractivity (Wildman–Crippen MR) is 77.1 cm³/mol. The van der Waals surface area contributed by atoms with E-state index >= 15 is 0 Å². The number of aromatic nitrogens is 1. The van der Waals surface area contributed by atoms with Crippen LogP contribution >= 0.6 is 0 Å². The number of nitrogens with one attached hydrogen (secondary N) is 2. The second-order valence-electron chi connectivity index (χ2n) is 4.73. The summed E-state index contributed by atoms with van der Waals surface area (Å²) in [6, 6.07) is 5.89. The molecule has 2 aromatic rings. The Kier molecular flexibility index (Phi) is 4.74. The SMILES string of the molecule is CCNC(CCC([NH])=O)c1cccc2nc(CC)oc12. The third kappa shape index (κ3) is 3.17. The number of benzene rings is 1. The Morgan fingerprint density at radius 2 is 2.25 bits per heavy atom. The Hall–Kier alpha value is -1.88. The Morgan fingerprint density at radius 3 is 2.90 bits per heavy atom. The Morgan fingerprint density at radius 1 is 1.45 bits per heavy atom. The molecule has 5 heteroatoms. The average Bonchev–Trinajstić information content (AvgIpc) is 2.86. The minimum absolute atomic E-state index is 0.00987. The van der Waals surface area contributed by atoms with Crippen LogP contribution in [0.15, 0.2) is 22.6 Å². The molecule has 1 aromatic heterocycles. The van der Waals surface area contributed by atoms with Gasteiger partial charge in [-0.2, -0.15) is 0 Å². The lowest BCUT2D eigenvalue weighted by Crippen LogP contribution is -2.22. The zero-order valence-corrected chi connectivity index (χ0v) is 11.9.